The number of fused-ring (bicyclic) bond motifs is 7. The molecule has 0 saturated carbocycles. The zero-order valence-electron chi connectivity index (χ0n) is 30.2. The molecule has 0 fully saturated rings. The van der Waals surface area contributed by atoms with Crippen LogP contribution in [0.15, 0.2) is 194 Å². The van der Waals surface area contributed by atoms with Crippen molar-refractivity contribution in [1.29, 1.82) is 0 Å². The van der Waals surface area contributed by atoms with Crippen LogP contribution in [0.25, 0.3) is 104 Å². The van der Waals surface area contributed by atoms with Crippen LogP contribution in [0.5, 0.6) is 0 Å². The van der Waals surface area contributed by atoms with Crippen molar-refractivity contribution in [2.24, 2.45) is 0 Å². The van der Waals surface area contributed by atoms with E-state index in [-0.39, 0.29) is 0 Å². The fourth-order valence-corrected chi connectivity index (χ4v) is 9.13. The highest BCUT2D eigenvalue weighted by Crippen LogP contribution is 2.45. The Bertz CT molecular complexity index is 3220. The van der Waals surface area contributed by atoms with Crippen molar-refractivity contribution in [2.45, 2.75) is 0 Å². The van der Waals surface area contributed by atoms with E-state index in [0.29, 0.717) is 17.5 Å². The van der Waals surface area contributed by atoms with Gasteiger partial charge in [-0.15, -0.1) is 11.3 Å². The van der Waals surface area contributed by atoms with Crippen LogP contribution in [0.1, 0.15) is 0 Å². The average molecular weight is 733 g/mol. The molecule has 0 bridgehead atoms. The maximum absolute atomic E-state index is 5.22. The topological polar surface area (TPSA) is 43.6 Å². The average Bonchev–Trinajstić information content (AvgIpc) is 3.82. The van der Waals surface area contributed by atoms with Crippen LogP contribution in [0.2, 0.25) is 0 Å². The van der Waals surface area contributed by atoms with E-state index in [1.54, 1.807) is 0 Å². The van der Waals surface area contributed by atoms with Gasteiger partial charge < -0.3 is 4.57 Å². The molecule has 5 heteroatoms. The van der Waals surface area contributed by atoms with E-state index in [1.807, 2.05) is 35.6 Å². The molecule has 0 unspecified atom stereocenters. The summed E-state index contributed by atoms with van der Waals surface area (Å²) in [6.45, 7) is 0. The molecule has 0 N–H and O–H groups in total. The first-order valence-corrected chi connectivity index (χ1v) is 19.6. The van der Waals surface area contributed by atoms with E-state index in [2.05, 4.69) is 174 Å². The molecule has 0 aliphatic heterocycles. The van der Waals surface area contributed by atoms with Crippen molar-refractivity contribution in [1.82, 2.24) is 19.5 Å². The molecule has 0 atom stereocenters. The van der Waals surface area contributed by atoms with Crippen molar-refractivity contribution in [3.8, 4) is 62.1 Å². The van der Waals surface area contributed by atoms with Gasteiger partial charge >= 0.3 is 0 Å². The second-order valence-electron chi connectivity index (χ2n) is 14.0. The Labute approximate surface area is 327 Å². The zero-order valence-corrected chi connectivity index (χ0v) is 31.0. The summed E-state index contributed by atoms with van der Waals surface area (Å²) in [7, 11) is 0. The molecule has 4 nitrogen and oxygen atoms in total. The number of aromatic nitrogens is 4. The summed E-state index contributed by atoms with van der Waals surface area (Å²) in [5.74, 6) is 1.89. The zero-order chi connectivity index (χ0) is 37.0. The van der Waals surface area contributed by atoms with E-state index in [1.165, 1.54) is 47.6 Å². The number of para-hydroxylation sites is 2. The molecule has 3 heterocycles. The molecular formula is C51H32N4S. The monoisotopic (exact) mass is 732 g/mol. The van der Waals surface area contributed by atoms with Crippen LogP contribution in [-0.2, 0) is 0 Å². The summed E-state index contributed by atoms with van der Waals surface area (Å²) in [6, 6.07) is 68.5. The van der Waals surface area contributed by atoms with Gasteiger partial charge in [0.15, 0.2) is 17.5 Å². The summed E-state index contributed by atoms with van der Waals surface area (Å²) in [4.78, 5) is 15.5. The Balaban J connectivity index is 1.13. The lowest BCUT2D eigenvalue weighted by Crippen LogP contribution is -2.03. The molecule has 11 aromatic rings. The van der Waals surface area contributed by atoms with Gasteiger partial charge in [-0.25, -0.2) is 15.0 Å². The first-order chi connectivity index (χ1) is 27.8. The summed E-state index contributed by atoms with van der Waals surface area (Å²) in [6.07, 6.45) is 0. The summed E-state index contributed by atoms with van der Waals surface area (Å²) >= 11 is 1.86. The fraction of sp³-hybridized carbons (Fsp3) is 0. The second-order valence-corrected chi connectivity index (χ2v) is 15.1. The maximum Gasteiger partial charge on any atom is 0.166 e. The molecule has 11 rings (SSSR count). The van der Waals surface area contributed by atoms with Crippen molar-refractivity contribution >= 4 is 53.3 Å². The van der Waals surface area contributed by atoms with Crippen molar-refractivity contribution in [3.63, 3.8) is 0 Å². The van der Waals surface area contributed by atoms with Crippen LogP contribution in [0.4, 0.5) is 0 Å². The van der Waals surface area contributed by atoms with E-state index in [9.17, 15) is 0 Å². The first kappa shape index (κ1) is 32.2. The Morgan fingerprint density at radius 2 is 0.857 bits per heavy atom. The third-order valence-electron chi connectivity index (χ3n) is 10.7. The van der Waals surface area contributed by atoms with Gasteiger partial charge in [-0.1, -0.05) is 152 Å². The number of benzene rings is 8. The first-order valence-electron chi connectivity index (χ1n) is 18.8. The van der Waals surface area contributed by atoms with Gasteiger partial charge in [-0.3, -0.25) is 0 Å². The molecule has 262 valence electrons. The van der Waals surface area contributed by atoms with Gasteiger partial charge in [0.05, 0.1) is 16.7 Å². The highest BCUT2D eigenvalue weighted by atomic mass is 32.1. The SMILES string of the molecule is c1ccc(-c2ccc(-c3nc(-c4ccccc4)nc(-c4ccccc4-n4c5ccccc5c5c6c(ccc54)sc4ccc(-c5ccccc5)cc46)n3)cc2)cc1. The normalized spacial score (nSPS) is 11.6. The van der Waals surface area contributed by atoms with Crippen LogP contribution in [0.3, 0.4) is 0 Å². The molecule has 0 aliphatic rings. The quantitative estimate of drug-likeness (QED) is 0.171. The van der Waals surface area contributed by atoms with Crippen molar-refractivity contribution < 1.29 is 0 Å². The lowest BCUT2D eigenvalue weighted by molar-refractivity contribution is 1.06. The fourth-order valence-electron chi connectivity index (χ4n) is 8.04. The van der Waals surface area contributed by atoms with E-state index in [4.69, 9.17) is 15.0 Å². The molecule has 0 amide bonds. The highest BCUT2D eigenvalue weighted by molar-refractivity contribution is 7.26. The maximum atomic E-state index is 5.22. The highest BCUT2D eigenvalue weighted by Gasteiger charge is 2.21. The van der Waals surface area contributed by atoms with Crippen LogP contribution in [0, 0.1) is 0 Å². The van der Waals surface area contributed by atoms with Gasteiger partial charge in [-0.05, 0) is 64.7 Å². The standard InChI is InChI=1S/C51H32N4S/c1-4-14-33(15-5-1)35-24-26-37(27-25-35)50-52-49(36-18-8-3-9-19-36)53-51(54-50)40-21-11-13-23-43(40)55-42-22-12-10-20-39(42)47-44(55)29-31-46-48(47)41-32-38(28-30-45(41)56-46)34-16-6-2-7-17-34/h1-32H. The van der Waals surface area contributed by atoms with Crippen LogP contribution < -0.4 is 0 Å². The van der Waals surface area contributed by atoms with Crippen LogP contribution >= 0.6 is 11.3 Å². The molecule has 0 radical (unpaired) electrons. The van der Waals surface area contributed by atoms with E-state index < -0.39 is 0 Å². The van der Waals surface area contributed by atoms with E-state index >= 15 is 0 Å². The van der Waals surface area contributed by atoms with E-state index in [0.717, 1.165) is 39.0 Å². The Hall–Kier alpha value is -7.21. The number of rotatable bonds is 6. The van der Waals surface area contributed by atoms with Gasteiger partial charge in [0.1, 0.15) is 0 Å². The Morgan fingerprint density at radius 1 is 0.339 bits per heavy atom. The molecule has 0 aliphatic carbocycles. The Kier molecular flexibility index (Phi) is 7.64. The summed E-state index contributed by atoms with van der Waals surface area (Å²) < 4.78 is 4.96. The number of nitrogens with zero attached hydrogens (tertiary/aromatic N) is 4. The lowest BCUT2D eigenvalue weighted by atomic mass is 10.0. The predicted octanol–water partition coefficient (Wildman–Crippen LogP) is 13.7. The lowest BCUT2D eigenvalue weighted by Gasteiger charge is -2.14. The molecule has 0 spiro atoms. The molecule has 56 heavy (non-hydrogen) atoms. The molecule has 0 saturated heterocycles. The largest absolute Gasteiger partial charge is 0.308 e. The third-order valence-corrected chi connectivity index (χ3v) is 11.8. The van der Waals surface area contributed by atoms with Crippen molar-refractivity contribution in [3.05, 3.63) is 194 Å². The predicted molar refractivity (Wildman–Crippen MR) is 234 cm³/mol. The Morgan fingerprint density at radius 3 is 1.59 bits per heavy atom. The van der Waals surface area contributed by atoms with Gasteiger partial charge in [0.25, 0.3) is 0 Å². The van der Waals surface area contributed by atoms with Crippen LogP contribution in [-0.4, -0.2) is 19.5 Å². The molecule has 3 aromatic heterocycles. The number of hydrogen-bond acceptors (Lipinski definition) is 4. The van der Waals surface area contributed by atoms with Gasteiger partial charge in [0, 0.05) is 47.6 Å². The minimum atomic E-state index is 0.622. The third kappa shape index (κ3) is 5.40. The minimum Gasteiger partial charge on any atom is -0.308 e. The van der Waals surface area contributed by atoms with Gasteiger partial charge in [-0.2, -0.15) is 0 Å². The minimum absolute atomic E-state index is 0.622. The molecule has 8 aromatic carbocycles. The number of thiophene rings is 1. The summed E-state index contributed by atoms with van der Waals surface area (Å²) in [5, 5.41) is 5.04. The smallest absolute Gasteiger partial charge is 0.166 e. The van der Waals surface area contributed by atoms with Crippen molar-refractivity contribution in [2.75, 3.05) is 0 Å². The summed E-state index contributed by atoms with van der Waals surface area (Å²) in [5.41, 5.74) is 10.8. The number of hydrogen-bond donors (Lipinski definition) is 0. The second kappa shape index (κ2) is 13.3. The van der Waals surface area contributed by atoms with Gasteiger partial charge in [0.2, 0.25) is 0 Å². The molecular weight excluding hydrogens is 701 g/mol.